The first-order valence-corrected chi connectivity index (χ1v) is 12.2. The fourth-order valence-electron chi connectivity index (χ4n) is 4.15. The van der Waals surface area contributed by atoms with E-state index in [-0.39, 0.29) is 18.1 Å². The van der Waals surface area contributed by atoms with Crippen molar-refractivity contribution >= 4 is 32.2 Å². The van der Waals surface area contributed by atoms with Crippen molar-refractivity contribution in [2.24, 2.45) is 5.73 Å². The van der Waals surface area contributed by atoms with E-state index in [0.29, 0.717) is 48.1 Å². The van der Waals surface area contributed by atoms with Gasteiger partial charge in [-0.1, -0.05) is 18.2 Å². The number of nitrogens with one attached hydrogen (secondary N) is 1. The lowest BCUT2D eigenvalue weighted by atomic mass is 9.99. The molecule has 3 heterocycles. The van der Waals surface area contributed by atoms with Crippen molar-refractivity contribution in [3.63, 3.8) is 0 Å². The second kappa shape index (κ2) is 7.68. The molecule has 0 atom stereocenters. The minimum absolute atomic E-state index is 0.0159. The van der Waals surface area contributed by atoms with Crippen LogP contribution in [0.2, 0.25) is 0 Å². The Balaban J connectivity index is 1.57. The van der Waals surface area contributed by atoms with Crippen molar-refractivity contribution in [1.29, 1.82) is 0 Å². The van der Waals surface area contributed by atoms with Gasteiger partial charge in [-0.05, 0) is 30.2 Å². The van der Waals surface area contributed by atoms with E-state index in [0.717, 1.165) is 16.6 Å². The standard InChI is InChI=1S/C23H25FN4O3S/c1-15-8-17-19(26-12-23(25)13-31-14-23)10-22(27-20(17)9-18(15)24)28-6-7-32(29,30)21-5-3-2-4-16(21)11-28/h2-5,8-10H,6-7,11-14,25H2,1H3,(H,26,27). The van der Waals surface area contributed by atoms with Gasteiger partial charge in [-0.25, -0.2) is 17.8 Å². The monoisotopic (exact) mass is 456 g/mol. The summed E-state index contributed by atoms with van der Waals surface area (Å²) in [5, 5.41) is 4.19. The number of ether oxygens (including phenoxy) is 1. The van der Waals surface area contributed by atoms with Crippen molar-refractivity contribution in [3.05, 3.63) is 59.4 Å². The van der Waals surface area contributed by atoms with Crippen LogP contribution < -0.4 is 16.0 Å². The Labute approximate surface area is 186 Å². The maximum Gasteiger partial charge on any atom is 0.180 e. The Hall–Kier alpha value is -2.75. The zero-order chi connectivity index (χ0) is 22.5. The number of nitrogens with two attached hydrogens (primary N) is 1. The molecule has 1 aromatic heterocycles. The molecule has 0 spiro atoms. The molecule has 3 N–H and O–H groups in total. The average molecular weight is 457 g/mol. The molecule has 32 heavy (non-hydrogen) atoms. The molecule has 0 radical (unpaired) electrons. The van der Waals surface area contributed by atoms with E-state index in [4.69, 9.17) is 15.5 Å². The van der Waals surface area contributed by atoms with Crippen LogP contribution in [0.15, 0.2) is 47.4 Å². The number of sulfone groups is 1. The topological polar surface area (TPSA) is 97.5 Å². The molecule has 9 heteroatoms. The largest absolute Gasteiger partial charge is 0.382 e. The van der Waals surface area contributed by atoms with Crippen molar-refractivity contribution in [2.45, 2.75) is 23.9 Å². The number of aryl methyl sites for hydroxylation is 1. The summed E-state index contributed by atoms with van der Waals surface area (Å²) >= 11 is 0. The minimum Gasteiger partial charge on any atom is -0.382 e. The van der Waals surface area contributed by atoms with Gasteiger partial charge in [0.25, 0.3) is 0 Å². The summed E-state index contributed by atoms with van der Waals surface area (Å²) in [5.41, 5.74) is 8.39. The van der Waals surface area contributed by atoms with Gasteiger partial charge in [0.1, 0.15) is 11.6 Å². The second-order valence-corrected chi connectivity index (χ2v) is 10.8. The molecule has 0 unspecified atom stereocenters. The highest BCUT2D eigenvalue weighted by molar-refractivity contribution is 7.91. The second-order valence-electron chi connectivity index (χ2n) is 8.70. The summed E-state index contributed by atoms with van der Waals surface area (Å²) in [6.45, 7) is 3.86. The maximum absolute atomic E-state index is 14.4. The van der Waals surface area contributed by atoms with Crippen LogP contribution in [0.4, 0.5) is 15.9 Å². The third-order valence-electron chi connectivity index (χ3n) is 6.11. The summed E-state index contributed by atoms with van der Waals surface area (Å²) in [6, 6.07) is 12.1. The first kappa shape index (κ1) is 21.1. The fourth-order valence-corrected chi connectivity index (χ4v) is 5.64. The molecule has 1 fully saturated rings. The van der Waals surface area contributed by atoms with E-state index >= 15 is 0 Å². The van der Waals surface area contributed by atoms with Gasteiger partial charge in [-0.2, -0.15) is 0 Å². The molecule has 1 saturated heterocycles. The SMILES string of the molecule is Cc1cc2c(NCC3(N)COC3)cc(N3CCS(=O)(=O)c4ccccc4C3)nc2cc1F. The molecular formula is C23H25FN4O3S. The molecule has 2 aliphatic rings. The van der Waals surface area contributed by atoms with Crippen molar-refractivity contribution in [2.75, 3.05) is 42.3 Å². The number of fused-ring (bicyclic) bond motifs is 2. The lowest BCUT2D eigenvalue weighted by Crippen LogP contribution is -2.61. The number of anilines is 2. The Kier molecular flexibility index (Phi) is 5.07. The molecule has 2 aromatic carbocycles. The first-order chi connectivity index (χ1) is 15.2. The van der Waals surface area contributed by atoms with Gasteiger partial charge in [0, 0.05) is 42.8 Å². The van der Waals surface area contributed by atoms with Crippen LogP contribution in [0, 0.1) is 12.7 Å². The predicted molar refractivity (Wildman–Crippen MR) is 122 cm³/mol. The summed E-state index contributed by atoms with van der Waals surface area (Å²) in [7, 11) is -3.39. The van der Waals surface area contributed by atoms with Gasteiger partial charge >= 0.3 is 0 Å². The van der Waals surface area contributed by atoms with Gasteiger partial charge in [-0.15, -0.1) is 0 Å². The fraction of sp³-hybridized carbons (Fsp3) is 0.348. The van der Waals surface area contributed by atoms with E-state index in [2.05, 4.69) is 5.32 Å². The zero-order valence-electron chi connectivity index (χ0n) is 17.8. The summed E-state index contributed by atoms with van der Waals surface area (Å²) < 4.78 is 45.1. The van der Waals surface area contributed by atoms with Crippen LogP contribution in [0.5, 0.6) is 0 Å². The van der Waals surface area contributed by atoms with E-state index in [1.807, 2.05) is 23.1 Å². The van der Waals surface area contributed by atoms with Crippen LogP contribution in [0.25, 0.3) is 10.9 Å². The van der Waals surface area contributed by atoms with Crippen LogP contribution in [0.1, 0.15) is 11.1 Å². The number of rotatable bonds is 4. The van der Waals surface area contributed by atoms with Crippen molar-refractivity contribution in [1.82, 2.24) is 4.98 Å². The van der Waals surface area contributed by atoms with Crippen LogP contribution >= 0.6 is 0 Å². The highest BCUT2D eigenvalue weighted by atomic mass is 32.2. The molecule has 168 valence electrons. The Morgan fingerprint density at radius 2 is 2.03 bits per heavy atom. The molecule has 0 aliphatic carbocycles. The molecule has 0 bridgehead atoms. The molecule has 3 aromatic rings. The number of benzene rings is 2. The molecule has 2 aliphatic heterocycles. The molecule has 0 amide bonds. The number of nitrogens with zero attached hydrogens (tertiary/aromatic N) is 2. The van der Waals surface area contributed by atoms with Gasteiger partial charge in [-0.3, -0.25) is 0 Å². The van der Waals surface area contributed by atoms with Crippen LogP contribution in [-0.2, 0) is 21.1 Å². The number of hydrogen-bond donors (Lipinski definition) is 2. The maximum atomic E-state index is 14.4. The van der Waals surface area contributed by atoms with Crippen LogP contribution in [0.3, 0.4) is 0 Å². The van der Waals surface area contributed by atoms with Gasteiger partial charge in [0.05, 0.1) is 34.9 Å². The van der Waals surface area contributed by atoms with Gasteiger partial charge < -0.3 is 20.7 Å². The number of pyridine rings is 1. The number of halogens is 1. The minimum atomic E-state index is -3.39. The van der Waals surface area contributed by atoms with E-state index < -0.39 is 15.4 Å². The lowest BCUT2D eigenvalue weighted by Gasteiger charge is -2.38. The highest BCUT2D eigenvalue weighted by Gasteiger charge is 2.34. The zero-order valence-corrected chi connectivity index (χ0v) is 18.6. The Morgan fingerprint density at radius 1 is 1.25 bits per heavy atom. The summed E-state index contributed by atoms with van der Waals surface area (Å²) in [5.74, 6) is 0.239. The third-order valence-corrected chi connectivity index (χ3v) is 7.90. The summed E-state index contributed by atoms with van der Waals surface area (Å²) in [4.78, 5) is 6.98. The number of aromatic nitrogens is 1. The third kappa shape index (κ3) is 3.80. The lowest BCUT2D eigenvalue weighted by molar-refractivity contribution is -0.0461. The van der Waals surface area contributed by atoms with Crippen molar-refractivity contribution < 1.29 is 17.5 Å². The van der Waals surface area contributed by atoms with E-state index in [1.54, 1.807) is 25.1 Å². The molecular weight excluding hydrogens is 431 g/mol. The first-order valence-electron chi connectivity index (χ1n) is 10.5. The summed E-state index contributed by atoms with van der Waals surface area (Å²) in [6.07, 6.45) is 0. The van der Waals surface area contributed by atoms with Gasteiger partial charge in [0.15, 0.2) is 9.84 Å². The average Bonchev–Trinajstić information content (AvgIpc) is 2.88. The van der Waals surface area contributed by atoms with Gasteiger partial charge in [0.2, 0.25) is 0 Å². The molecule has 0 saturated carbocycles. The van der Waals surface area contributed by atoms with E-state index in [9.17, 15) is 12.8 Å². The van der Waals surface area contributed by atoms with Crippen LogP contribution in [-0.4, -0.2) is 51.0 Å². The van der Waals surface area contributed by atoms with E-state index in [1.165, 1.54) is 6.07 Å². The normalized spacial score (nSPS) is 19.2. The predicted octanol–water partition coefficient (Wildman–Crippen LogP) is 2.62. The molecule has 5 rings (SSSR count). The number of hydrogen-bond acceptors (Lipinski definition) is 7. The Morgan fingerprint density at radius 3 is 2.78 bits per heavy atom. The quantitative estimate of drug-likeness (QED) is 0.623. The Bertz CT molecular complexity index is 1310. The smallest absolute Gasteiger partial charge is 0.180 e. The highest BCUT2D eigenvalue weighted by Crippen LogP contribution is 2.32. The molecule has 7 nitrogen and oxygen atoms in total. The van der Waals surface area contributed by atoms with Crippen molar-refractivity contribution in [3.8, 4) is 0 Å².